The molecule has 0 rings (SSSR count). The van der Waals surface area contributed by atoms with E-state index in [2.05, 4.69) is 13.2 Å². The number of allylic oxidation sites excluding steroid dienone is 1. The Morgan fingerprint density at radius 2 is 2.14 bits per heavy atom. The summed E-state index contributed by atoms with van der Waals surface area (Å²) in [4.78, 5) is 0. The highest BCUT2D eigenvalue weighted by atomic mass is 32.1. The average molecular weight is 113 g/mol. The van der Waals surface area contributed by atoms with Gasteiger partial charge < -0.3 is 0 Å². The van der Waals surface area contributed by atoms with Crippen LogP contribution >= 0.6 is 12.6 Å². The summed E-state index contributed by atoms with van der Waals surface area (Å²) in [5.74, 6) is 0. The number of hydrogen-bond donors (Lipinski definition) is 0. The van der Waals surface area contributed by atoms with Gasteiger partial charge in [0.05, 0.1) is 0 Å². The Kier molecular flexibility index (Phi) is 3.90. The van der Waals surface area contributed by atoms with E-state index in [1.54, 1.807) is 12.2 Å². The van der Waals surface area contributed by atoms with Crippen LogP contribution in [0, 0.1) is 0 Å². The van der Waals surface area contributed by atoms with Gasteiger partial charge in [-0.05, 0) is 6.42 Å². The SMILES string of the molecule is C=CCC([S])C=C. The Hall–Kier alpha value is -0.170. The van der Waals surface area contributed by atoms with Crippen LogP contribution in [-0.2, 0) is 0 Å². The van der Waals surface area contributed by atoms with Gasteiger partial charge in [-0.3, -0.25) is 0 Å². The molecule has 0 aromatic rings. The van der Waals surface area contributed by atoms with Crippen molar-refractivity contribution in [2.45, 2.75) is 11.7 Å². The Morgan fingerprint density at radius 1 is 1.57 bits per heavy atom. The molecule has 1 heteroatoms. The third-order valence-corrected chi connectivity index (χ3v) is 1.05. The number of hydrogen-bond acceptors (Lipinski definition) is 0. The maximum absolute atomic E-state index is 4.85. The van der Waals surface area contributed by atoms with E-state index in [4.69, 9.17) is 12.6 Å². The smallest absolute Gasteiger partial charge is 0.0363 e. The number of rotatable bonds is 3. The highest BCUT2D eigenvalue weighted by molar-refractivity contribution is 7.81. The molecular formula is C6H9S. The van der Waals surface area contributed by atoms with Crippen molar-refractivity contribution in [2.24, 2.45) is 0 Å². The van der Waals surface area contributed by atoms with E-state index in [1.807, 2.05) is 0 Å². The lowest BCUT2D eigenvalue weighted by Crippen LogP contribution is -1.86. The van der Waals surface area contributed by atoms with Crippen LogP contribution in [0.25, 0.3) is 0 Å². The van der Waals surface area contributed by atoms with E-state index >= 15 is 0 Å². The molecule has 0 heterocycles. The van der Waals surface area contributed by atoms with Crippen molar-refractivity contribution in [2.75, 3.05) is 0 Å². The van der Waals surface area contributed by atoms with Gasteiger partial charge in [0.2, 0.25) is 0 Å². The molecule has 39 valence electrons. The van der Waals surface area contributed by atoms with Gasteiger partial charge in [0, 0.05) is 5.25 Å². The molecule has 0 saturated carbocycles. The van der Waals surface area contributed by atoms with E-state index in [-0.39, 0.29) is 5.25 Å². The molecule has 0 spiro atoms. The van der Waals surface area contributed by atoms with E-state index in [0.717, 1.165) is 6.42 Å². The molecule has 0 aliphatic heterocycles. The van der Waals surface area contributed by atoms with Crippen LogP contribution < -0.4 is 0 Å². The quantitative estimate of drug-likeness (QED) is 0.493. The summed E-state index contributed by atoms with van der Waals surface area (Å²) in [7, 11) is 0. The van der Waals surface area contributed by atoms with Gasteiger partial charge in [-0.2, -0.15) is 0 Å². The molecule has 0 saturated heterocycles. The molecule has 1 atom stereocenters. The van der Waals surface area contributed by atoms with Crippen LogP contribution in [0.4, 0.5) is 0 Å². The lowest BCUT2D eigenvalue weighted by atomic mass is 10.3. The maximum Gasteiger partial charge on any atom is 0.0363 e. The summed E-state index contributed by atoms with van der Waals surface area (Å²) in [5.41, 5.74) is 0. The van der Waals surface area contributed by atoms with E-state index in [1.165, 1.54) is 0 Å². The minimum absolute atomic E-state index is 0.178. The van der Waals surface area contributed by atoms with E-state index in [0.29, 0.717) is 0 Å². The van der Waals surface area contributed by atoms with Gasteiger partial charge in [-0.15, -0.1) is 13.2 Å². The van der Waals surface area contributed by atoms with Crippen LogP contribution in [0.15, 0.2) is 25.3 Å². The van der Waals surface area contributed by atoms with E-state index < -0.39 is 0 Å². The van der Waals surface area contributed by atoms with Gasteiger partial charge in [0.25, 0.3) is 0 Å². The van der Waals surface area contributed by atoms with Crippen molar-refractivity contribution < 1.29 is 0 Å². The van der Waals surface area contributed by atoms with Crippen molar-refractivity contribution in [1.82, 2.24) is 0 Å². The van der Waals surface area contributed by atoms with Crippen LogP contribution in [0.5, 0.6) is 0 Å². The second kappa shape index (κ2) is 4.00. The summed E-state index contributed by atoms with van der Waals surface area (Å²) >= 11 is 4.85. The monoisotopic (exact) mass is 113 g/mol. The molecule has 0 N–H and O–H groups in total. The van der Waals surface area contributed by atoms with Crippen molar-refractivity contribution in [3.8, 4) is 0 Å². The van der Waals surface area contributed by atoms with Crippen molar-refractivity contribution in [1.29, 1.82) is 0 Å². The second-order valence-corrected chi connectivity index (χ2v) is 1.90. The Labute approximate surface area is 50.3 Å². The molecule has 1 radical (unpaired) electrons. The molecule has 7 heavy (non-hydrogen) atoms. The third-order valence-electron chi connectivity index (χ3n) is 0.662. The third kappa shape index (κ3) is 3.67. The van der Waals surface area contributed by atoms with Crippen LogP contribution in [0.2, 0.25) is 0 Å². The van der Waals surface area contributed by atoms with Gasteiger partial charge in [0.15, 0.2) is 0 Å². The molecule has 0 amide bonds. The van der Waals surface area contributed by atoms with Gasteiger partial charge in [-0.1, -0.05) is 24.8 Å². The summed E-state index contributed by atoms with van der Waals surface area (Å²) in [5, 5.41) is 0.178. The fourth-order valence-corrected chi connectivity index (χ4v) is 0.397. The molecular weight excluding hydrogens is 104 g/mol. The molecule has 0 aromatic carbocycles. The molecule has 0 nitrogen and oxygen atoms in total. The Balaban J connectivity index is 3.15. The van der Waals surface area contributed by atoms with Gasteiger partial charge >= 0.3 is 0 Å². The topological polar surface area (TPSA) is 0 Å². The zero-order valence-electron chi connectivity index (χ0n) is 4.26. The fraction of sp³-hybridized carbons (Fsp3) is 0.333. The van der Waals surface area contributed by atoms with Crippen LogP contribution in [-0.4, -0.2) is 5.25 Å². The maximum atomic E-state index is 4.85. The molecule has 0 aliphatic rings. The summed E-state index contributed by atoms with van der Waals surface area (Å²) in [6.45, 7) is 7.06. The first kappa shape index (κ1) is 6.83. The zero-order valence-corrected chi connectivity index (χ0v) is 5.08. The second-order valence-electron chi connectivity index (χ2n) is 1.30. The van der Waals surface area contributed by atoms with Gasteiger partial charge in [0.1, 0.15) is 0 Å². The normalized spacial score (nSPS) is 12.7. The minimum Gasteiger partial charge on any atom is -0.103 e. The lowest BCUT2D eigenvalue weighted by Gasteiger charge is -1.93. The zero-order chi connectivity index (χ0) is 5.70. The standard InChI is InChI=1S/C6H9S/c1-3-5-6(7)4-2/h3-4,6H,1-2,5H2. The Bertz CT molecular complexity index is 66.6. The Morgan fingerprint density at radius 3 is 2.29 bits per heavy atom. The molecule has 0 aliphatic carbocycles. The fourth-order valence-electron chi connectivity index (χ4n) is 0.260. The first-order valence-corrected chi connectivity index (χ1v) is 2.67. The largest absolute Gasteiger partial charge is 0.103 e. The van der Waals surface area contributed by atoms with Crippen LogP contribution in [0.1, 0.15) is 6.42 Å². The summed E-state index contributed by atoms with van der Waals surface area (Å²) in [6, 6.07) is 0. The molecule has 0 bridgehead atoms. The van der Waals surface area contributed by atoms with Crippen molar-refractivity contribution in [3.05, 3.63) is 25.3 Å². The van der Waals surface area contributed by atoms with Gasteiger partial charge in [-0.25, -0.2) is 0 Å². The average Bonchev–Trinajstić information content (AvgIpc) is 1.68. The lowest BCUT2D eigenvalue weighted by molar-refractivity contribution is 1.09. The molecule has 0 aromatic heterocycles. The first-order chi connectivity index (χ1) is 3.31. The molecule has 0 fully saturated rings. The predicted octanol–water partition coefficient (Wildman–Crippen LogP) is 2.31. The predicted molar refractivity (Wildman–Crippen MR) is 36.4 cm³/mol. The highest BCUT2D eigenvalue weighted by Crippen LogP contribution is 2.00. The van der Waals surface area contributed by atoms with Crippen LogP contribution in [0.3, 0.4) is 0 Å². The first-order valence-electron chi connectivity index (χ1n) is 2.20. The summed E-state index contributed by atoms with van der Waals surface area (Å²) < 4.78 is 0. The van der Waals surface area contributed by atoms with Crippen molar-refractivity contribution >= 4 is 12.6 Å². The molecule has 1 unspecified atom stereocenters. The minimum atomic E-state index is 0.178. The van der Waals surface area contributed by atoms with E-state index in [9.17, 15) is 0 Å². The summed E-state index contributed by atoms with van der Waals surface area (Å²) in [6.07, 6.45) is 4.41. The highest BCUT2D eigenvalue weighted by Gasteiger charge is 1.89. The van der Waals surface area contributed by atoms with Crippen molar-refractivity contribution in [3.63, 3.8) is 0 Å².